The number of nitrogens with two attached hydrogens (primary N) is 1. The van der Waals surface area contributed by atoms with Gasteiger partial charge in [-0.2, -0.15) is 5.26 Å². The minimum atomic E-state index is 0.295. The van der Waals surface area contributed by atoms with Crippen molar-refractivity contribution < 1.29 is 4.74 Å². The second-order valence-corrected chi connectivity index (χ2v) is 3.54. The SMILES string of the molecule is Cc1c(N)cccc1Oc1ncccc1C#N. The predicted molar refractivity (Wildman–Crippen MR) is 64.6 cm³/mol. The first-order valence-corrected chi connectivity index (χ1v) is 5.10. The van der Waals surface area contributed by atoms with Crippen molar-refractivity contribution in [2.24, 2.45) is 0 Å². The lowest BCUT2D eigenvalue weighted by atomic mass is 10.2. The van der Waals surface area contributed by atoms with Crippen LogP contribution >= 0.6 is 0 Å². The van der Waals surface area contributed by atoms with Gasteiger partial charge in [-0.05, 0) is 31.2 Å². The Hall–Kier alpha value is -2.54. The van der Waals surface area contributed by atoms with Crippen molar-refractivity contribution in [1.82, 2.24) is 4.98 Å². The molecule has 0 saturated heterocycles. The van der Waals surface area contributed by atoms with Gasteiger partial charge >= 0.3 is 0 Å². The Kier molecular flexibility index (Phi) is 2.93. The summed E-state index contributed by atoms with van der Waals surface area (Å²) >= 11 is 0. The maximum atomic E-state index is 8.93. The molecule has 0 fully saturated rings. The minimum absolute atomic E-state index is 0.295. The quantitative estimate of drug-likeness (QED) is 0.797. The molecule has 4 nitrogen and oxygen atoms in total. The van der Waals surface area contributed by atoms with E-state index in [1.54, 1.807) is 36.5 Å². The van der Waals surface area contributed by atoms with Crippen LogP contribution < -0.4 is 10.5 Å². The summed E-state index contributed by atoms with van der Waals surface area (Å²) in [6.45, 7) is 1.86. The smallest absolute Gasteiger partial charge is 0.237 e. The fourth-order valence-electron chi connectivity index (χ4n) is 1.40. The highest BCUT2D eigenvalue weighted by Gasteiger charge is 2.08. The molecule has 0 amide bonds. The molecule has 17 heavy (non-hydrogen) atoms. The van der Waals surface area contributed by atoms with Crippen molar-refractivity contribution in [3.8, 4) is 17.7 Å². The van der Waals surface area contributed by atoms with Gasteiger partial charge in [-0.3, -0.25) is 0 Å². The molecule has 2 rings (SSSR count). The highest BCUT2D eigenvalue weighted by molar-refractivity contribution is 5.54. The molecule has 2 aromatic rings. The molecule has 0 radical (unpaired) electrons. The van der Waals surface area contributed by atoms with Crippen LogP contribution in [-0.4, -0.2) is 4.98 Å². The van der Waals surface area contributed by atoms with Crippen LogP contribution in [0.25, 0.3) is 0 Å². The molecule has 1 heterocycles. The minimum Gasteiger partial charge on any atom is -0.437 e. The molecule has 4 heteroatoms. The lowest BCUT2D eigenvalue weighted by molar-refractivity contribution is 0.458. The van der Waals surface area contributed by atoms with Crippen LogP contribution in [-0.2, 0) is 0 Å². The van der Waals surface area contributed by atoms with E-state index in [0.717, 1.165) is 5.56 Å². The van der Waals surface area contributed by atoms with E-state index in [1.807, 2.05) is 13.0 Å². The van der Waals surface area contributed by atoms with Crippen LogP contribution in [0.4, 0.5) is 5.69 Å². The molecule has 0 spiro atoms. The topological polar surface area (TPSA) is 71.9 Å². The van der Waals surface area contributed by atoms with Crippen LogP contribution in [0.3, 0.4) is 0 Å². The van der Waals surface area contributed by atoms with Crippen LogP contribution in [0.15, 0.2) is 36.5 Å². The number of hydrogen-bond acceptors (Lipinski definition) is 4. The molecule has 0 bridgehead atoms. The van der Waals surface area contributed by atoms with Crippen molar-refractivity contribution in [2.75, 3.05) is 5.73 Å². The molecule has 0 aliphatic carbocycles. The monoisotopic (exact) mass is 225 g/mol. The summed E-state index contributed by atoms with van der Waals surface area (Å²) in [5.74, 6) is 0.906. The molecule has 0 saturated carbocycles. The summed E-state index contributed by atoms with van der Waals surface area (Å²) in [6.07, 6.45) is 1.58. The lowest BCUT2D eigenvalue weighted by Gasteiger charge is -2.09. The standard InChI is InChI=1S/C13H11N3O/c1-9-11(15)5-2-6-12(9)17-13-10(8-14)4-3-7-16-13/h2-7H,15H2,1H3. The summed E-state index contributed by atoms with van der Waals surface area (Å²) < 4.78 is 5.60. The maximum absolute atomic E-state index is 8.93. The average molecular weight is 225 g/mol. The Morgan fingerprint density at radius 3 is 2.88 bits per heavy atom. The largest absolute Gasteiger partial charge is 0.437 e. The fourth-order valence-corrected chi connectivity index (χ4v) is 1.40. The summed E-state index contributed by atoms with van der Waals surface area (Å²) in [5, 5.41) is 8.93. The van der Waals surface area contributed by atoms with Crippen molar-refractivity contribution >= 4 is 5.69 Å². The van der Waals surface area contributed by atoms with Gasteiger partial charge in [0.2, 0.25) is 5.88 Å². The summed E-state index contributed by atoms with van der Waals surface area (Å²) in [7, 11) is 0. The van der Waals surface area contributed by atoms with E-state index in [4.69, 9.17) is 15.7 Å². The number of nitrogens with zero attached hydrogens (tertiary/aromatic N) is 2. The first-order valence-electron chi connectivity index (χ1n) is 5.10. The van der Waals surface area contributed by atoms with Crippen LogP contribution in [0, 0.1) is 18.3 Å². The zero-order valence-electron chi connectivity index (χ0n) is 9.34. The van der Waals surface area contributed by atoms with E-state index in [9.17, 15) is 0 Å². The Balaban J connectivity index is 2.39. The molecule has 0 aliphatic rings. The van der Waals surface area contributed by atoms with Gasteiger partial charge in [0.15, 0.2) is 0 Å². The number of pyridine rings is 1. The summed E-state index contributed by atoms with van der Waals surface area (Å²) in [5.41, 5.74) is 7.66. The Bertz CT molecular complexity index is 587. The number of anilines is 1. The van der Waals surface area contributed by atoms with Crippen LogP contribution in [0.1, 0.15) is 11.1 Å². The number of ether oxygens (including phenoxy) is 1. The number of aromatic nitrogens is 1. The molecule has 2 N–H and O–H groups in total. The molecule has 84 valence electrons. The fraction of sp³-hybridized carbons (Fsp3) is 0.0769. The van der Waals surface area contributed by atoms with E-state index in [1.165, 1.54) is 0 Å². The van der Waals surface area contributed by atoms with E-state index in [0.29, 0.717) is 22.9 Å². The third-order valence-electron chi connectivity index (χ3n) is 2.42. The van der Waals surface area contributed by atoms with E-state index in [-0.39, 0.29) is 0 Å². The molecule has 0 unspecified atom stereocenters. The number of rotatable bonds is 2. The molecule has 1 aromatic carbocycles. The van der Waals surface area contributed by atoms with E-state index in [2.05, 4.69) is 4.98 Å². The van der Waals surface area contributed by atoms with Crippen molar-refractivity contribution in [3.63, 3.8) is 0 Å². The Morgan fingerprint density at radius 2 is 2.12 bits per heavy atom. The number of nitrogen functional groups attached to an aromatic ring is 1. The first-order chi connectivity index (χ1) is 8.22. The normalized spacial score (nSPS) is 9.65. The second-order valence-electron chi connectivity index (χ2n) is 3.54. The number of benzene rings is 1. The zero-order valence-corrected chi connectivity index (χ0v) is 9.34. The lowest BCUT2D eigenvalue weighted by Crippen LogP contribution is -1.96. The average Bonchev–Trinajstić information content (AvgIpc) is 2.35. The molecular weight excluding hydrogens is 214 g/mol. The van der Waals surface area contributed by atoms with Gasteiger partial charge in [-0.25, -0.2) is 4.98 Å². The Labute approximate surface area is 99.3 Å². The van der Waals surface area contributed by atoms with Gasteiger partial charge in [0.05, 0.1) is 0 Å². The molecule has 0 aliphatic heterocycles. The zero-order chi connectivity index (χ0) is 12.3. The third-order valence-corrected chi connectivity index (χ3v) is 2.42. The van der Waals surface area contributed by atoms with E-state index >= 15 is 0 Å². The second kappa shape index (κ2) is 4.54. The Morgan fingerprint density at radius 1 is 1.29 bits per heavy atom. The van der Waals surface area contributed by atoms with Gasteiger partial charge < -0.3 is 10.5 Å². The number of hydrogen-bond donors (Lipinski definition) is 1. The van der Waals surface area contributed by atoms with Gasteiger partial charge in [-0.1, -0.05) is 6.07 Å². The van der Waals surface area contributed by atoms with E-state index < -0.39 is 0 Å². The van der Waals surface area contributed by atoms with Crippen LogP contribution in [0.5, 0.6) is 11.6 Å². The van der Waals surface area contributed by atoms with Crippen LogP contribution in [0.2, 0.25) is 0 Å². The summed E-state index contributed by atoms with van der Waals surface area (Å²) in [4.78, 5) is 4.03. The predicted octanol–water partition coefficient (Wildman–Crippen LogP) is 2.64. The van der Waals surface area contributed by atoms with Gasteiger partial charge in [-0.15, -0.1) is 0 Å². The first kappa shape index (κ1) is 11.0. The van der Waals surface area contributed by atoms with Gasteiger partial charge in [0.25, 0.3) is 0 Å². The van der Waals surface area contributed by atoms with Crippen molar-refractivity contribution in [2.45, 2.75) is 6.92 Å². The molecule has 1 aromatic heterocycles. The highest BCUT2D eigenvalue weighted by atomic mass is 16.5. The highest BCUT2D eigenvalue weighted by Crippen LogP contribution is 2.28. The van der Waals surface area contributed by atoms with Crippen molar-refractivity contribution in [3.05, 3.63) is 47.7 Å². The molecular formula is C13H11N3O. The number of nitriles is 1. The molecule has 0 atom stereocenters. The van der Waals surface area contributed by atoms with Gasteiger partial charge in [0.1, 0.15) is 17.4 Å². The third kappa shape index (κ3) is 2.18. The van der Waals surface area contributed by atoms with Gasteiger partial charge in [0, 0.05) is 17.4 Å². The maximum Gasteiger partial charge on any atom is 0.237 e. The van der Waals surface area contributed by atoms with Crippen molar-refractivity contribution in [1.29, 1.82) is 5.26 Å². The summed E-state index contributed by atoms with van der Waals surface area (Å²) in [6, 6.07) is 10.8.